The molecule has 10 heteroatoms. The number of hydrogen-bond acceptors (Lipinski definition) is 6. The summed E-state index contributed by atoms with van der Waals surface area (Å²) in [5.74, 6) is 4.03. The molecule has 226 valence electrons. The van der Waals surface area contributed by atoms with Crippen molar-refractivity contribution in [3.05, 3.63) is 106 Å². The average Bonchev–Trinajstić information content (AvgIpc) is 3.30. The molecule has 4 aromatic rings. The van der Waals surface area contributed by atoms with E-state index in [0.717, 1.165) is 51.5 Å². The zero-order valence-corrected chi connectivity index (χ0v) is 26.9. The number of fused-ring (bicyclic) bond motifs is 3. The molecule has 0 bridgehead atoms. The number of nitrogens with zero attached hydrogens (tertiary/aromatic N) is 4. The van der Waals surface area contributed by atoms with Gasteiger partial charge in [-0.05, 0) is 80.9 Å². The molecule has 1 saturated carbocycles. The van der Waals surface area contributed by atoms with Crippen LogP contribution >= 0.6 is 15.9 Å². The first-order chi connectivity index (χ1) is 20.7. The first-order valence-electron chi connectivity index (χ1n) is 14.3. The van der Waals surface area contributed by atoms with Gasteiger partial charge in [0.1, 0.15) is 21.7 Å². The van der Waals surface area contributed by atoms with Gasteiger partial charge in [0.2, 0.25) is 0 Å². The number of esters is 1. The summed E-state index contributed by atoms with van der Waals surface area (Å²) in [6.45, 7) is 4.45. The van der Waals surface area contributed by atoms with Crippen molar-refractivity contribution >= 4 is 43.3 Å². The number of carbonyl (C=O) groups excluding carboxylic acids is 1. The summed E-state index contributed by atoms with van der Waals surface area (Å²) in [4.78, 5) is 25.0. The number of hydrogen-bond donors (Lipinski definition) is 1. The molecule has 1 unspecified atom stereocenters. The molecular formula is C33H37BrN4O4S. The van der Waals surface area contributed by atoms with Gasteiger partial charge in [0.05, 0.1) is 28.5 Å². The van der Waals surface area contributed by atoms with Gasteiger partial charge in [-0.25, -0.2) is 9.19 Å². The Morgan fingerprint density at radius 3 is 2.42 bits per heavy atom. The Morgan fingerprint density at radius 2 is 1.79 bits per heavy atom. The molecule has 3 heterocycles. The molecule has 2 aromatic heterocycles. The molecule has 0 spiro atoms. The summed E-state index contributed by atoms with van der Waals surface area (Å²) in [7, 11) is -3.00. The van der Waals surface area contributed by atoms with Crippen molar-refractivity contribution in [3.63, 3.8) is 0 Å². The van der Waals surface area contributed by atoms with Gasteiger partial charge in [0, 0.05) is 34.5 Å². The summed E-state index contributed by atoms with van der Waals surface area (Å²) in [5, 5.41) is 0. The fraction of sp³-hybridized carbons (Fsp3) is 0.303. The molecule has 43 heavy (non-hydrogen) atoms. The Kier molecular flexibility index (Phi) is 11.4. The van der Waals surface area contributed by atoms with Gasteiger partial charge in [-0.15, -0.1) is 0 Å². The molecule has 1 fully saturated rings. The van der Waals surface area contributed by atoms with Gasteiger partial charge < -0.3 is 9.29 Å². The molecule has 0 radical (unpaired) electrons. The van der Waals surface area contributed by atoms with Crippen molar-refractivity contribution < 1.29 is 18.3 Å². The minimum atomic E-state index is -3.00. The number of benzene rings is 2. The highest BCUT2D eigenvalue weighted by atomic mass is 79.9. The minimum absolute atomic E-state index is 0.0445. The summed E-state index contributed by atoms with van der Waals surface area (Å²) in [6.07, 6.45) is 10.3. The SMILES string of the molecule is C=S(=O)(O)c1ccccc1.CCC(=O)OC1CCCCC1.Cc1cnc2n1-c1ccc(Br)cc1C(c1ccccn1)=NC2. The lowest BCUT2D eigenvalue weighted by atomic mass is 9.98. The Morgan fingerprint density at radius 1 is 1.07 bits per heavy atom. The number of imidazole rings is 1. The summed E-state index contributed by atoms with van der Waals surface area (Å²) >= 11 is 3.56. The molecule has 1 aliphatic carbocycles. The molecule has 1 aliphatic heterocycles. The van der Waals surface area contributed by atoms with Crippen LogP contribution in [-0.2, 0) is 25.9 Å². The fourth-order valence-electron chi connectivity index (χ4n) is 4.86. The van der Waals surface area contributed by atoms with Crippen molar-refractivity contribution in [2.75, 3.05) is 0 Å². The van der Waals surface area contributed by atoms with Crippen LogP contribution < -0.4 is 0 Å². The van der Waals surface area contributed by atoms with Crippen LogP contribution in [0.1, 0.15) is 68.2 Å². The van der Waals surface area contributed by atoms with E-state index in [4.69, 9.17) is 14.3 Å². The Hall–Kier alpha value is -3.60. The van der Waals surface area contributed by atoms with Crippen molar-refractivity contribution in [2.24, 2.45) is 4.99 Å². The smallest absolute Gasteiger partial charge is 0.305 e. The van der Waals surface area contributed by atoms with Gasteiger partial charge in [-0.1, -0.05) is 53.5 Å². The normalized spacial score (nSPS) is 15.5. The van der Waals surface area contributed by atoms with Gasteiger partial charge in [0.25, 0.3) is 0 Å². The van der Waals surface area contributed by atoms with E-state index in [2.05, 4.69) is 55.4 Å². The lowest BCUT2D eigenvalue weighted by Gasteiger charge is -2.21. The maximum absolute atomic E-state index is 10.9. The molecule has 8 nitrogen and oxygen atoms in total. The summed E-state index contributed by atoms with van der Waals surface area (Å²) in [6, 6.07) is 20.5. The number of ether oxygens (including phenoxy) is 1. The van der Waals surface area contributed by atoms with E-state index in [1.54, 1.807) is 36.5 Å². The first kappa shape index (κ1) is 32.3. The lowest BCUT2D eigenvalue weighted by molar-refractivity contribution is -0.150. The molecule has 2 aliphatic rings. The number of aliphatic imine (C=N–C) groups is 1. The van der Waals surface area contributed by atoms with E-state index in [1.807, 2.05) is 37.4 Å². The third-order valence-corrected chi connectivity index (χ3v) is 8.50. The number of pyridine rings is 1. The fourth-order valence-corrected chi connectivity index (χ4v) is 5.81. The molecular weight excluding hydrogens is 628 g/mol. The number of aryl methyl sites for hydroxylation is 1. The third kappa shape index (κ3) is 8.95. The number of halogens is 1. The van der Waals surface area contributed by atoms with Gasteiger partial charge >= 0.3 is 5.97 Å². The van der Waals surface area contributed by atoms with Crippen LogP contribution in [0.3, 0.4) is 0 Å². The molecule has 0 saturated heterocycles. The Bertz CT molecular complexity index is 1650. The predicted octanol–water partition coefficient (Wildman–Crippen LogP) is 7.20. The molecule has 1 atom stereocenters. The highest BCUT2D eigenvalue weighted by Crippen LogP contribution is 2.28. The van der Waals surface area contributed by atoms with E-state index in [0.29, 0.717) is 17.9 Å². The highest BCUT2D eigenvalue weighted by molar-refractivity contribution is 9.10. The molecule has 0 amide bonds. The standard InChI is InChI=1S/C17H13BrN4.C9H16O2.C7H8O2S/c1-11-9-20-16-10-21-17(14-4-2-3-7-19-14)13-8-12(18)5-6-15(13)22(11)16;1-2-9(10)11-8-6-4-3-5-7-8;1-10(8,9)7-5-3-2-4-6-7/h2-9H,10H2,1H3;8H,2-7H2,1H3;2-6H,1H2,(H,8,9). The highest BCUT2D eigenvalue weighted by Gasteiger charge is 2.21. The largest absolute Gasteiger partial charge is 0.462 e. The topological polar surface area (TPSA) is 107 Å². The summed E-state index contributed by atoms with van der Waals surface area (Å²) in [5.41, 5.74) is 5.05. The van der Waals surface area contributed by atoms with Crippen LogP contribution in [0.25, 0.3) is 5.69 Å². The van der Waals surface area contributed by atoms with Gasteiger partial charge in [-0.2, -0.15) is 0 Å². The number of rotatable bonds is 4. The lowest BCUT2D eigenvalue weighted by Crippen LogP contribution is -2.20. The maximum Gasteiger partial charge on any atom is 0.305 e. The number of aromatic nitrogens is 3. The zero-order valence-electron chi connectivity index (χ0n) is 24.5. The van der Waals surface area contributed by atoms with Crippen molar-refractivity contribution in [2.45, 2.75) is 69.9 Å². The molecule has 2 aromatic carbocycles. The second-order valence-corrected chi connectivity index (χ2v) is 12.9. The second kappa shape index (κ2) is 15.2. The molecule has 1 N–H and O–H groups in total. The van der Waals surface area contributed by atoms with E-state index in [-0.39, 0.29) is 12.1 Å². The zero-order chi connectivity index (χ0) is 30.8. The average molecular weight is 666 g/mol. The van der Waals surface area contributed by atoms with Crippen molar-refractivity contribution in [3.8, 4) is 5.69 Å². The maximum atomic E-state index is 10.9. The van der Waals surface area contributed by atoms with Gasteiger partial charge in [-0.3, -0.25) is 19.3 Å². The minimum Gasteiger partial charge on any atom is -0.462 e. The third-order valence-electron chi connectivity index (χ3n) is 7.00. The second-order valence-electron chi connectivity index (χ2n) is 10.2. The van der Waals surface area contributed by atoms with Crippen LogP contribution in [0.5, 0.6) is 0 Å². The predicted molar refractivity (Wildman–Crippen MR) is 175 cm³/mol. The summed E-state index contributed by atoms with van der Waals surface area (Å²) < 4.78 is 28.1. The van der Waals surface area contributed by atoms with E-state index in [1.165, 1.54) is 19.3 Å². The van der Waals surface area contributed by atoms with Crippen LogP contribution in [0.4, 0.5) is 0 Å². The van der Waals surface area contributed by atoms with E-state index in [9.17, 15) is 9.00 Å². The molecule has 6 rings (SSSR count). The van der Waals surface area contributed by atoms with Crippen molar-refractivity contribution in [1.82, 2.24) is 14.5 Å². The Balaban J connectivity index is 0.000000169. The van der Waals surface area contributed by atoms with Crippen LogP contribution in [0.2, 0.25) is 0 Å². The van der Waals surface area contributed by atoms with E-state index >= 15 is 0 Å². The monoisotopic (exact) mass is 664 g/mol. The quantitative estimate of drug-likeness (QED) is 0.183. The van der Waals surface area contributed by atoms with Crippen LogP contribution in [0.15, 0.2) is 93.5 Å². The van der Waals surface area contributed by atoms with Gasteiger partial charge in [0.15, 0.2) is 0 Å². The first-order valence-corrected chi connectivity index (χ1v) is 16.8. The van der Waals surface area contributed by atoms with E-state index < -0.39 is 9.80 Å². The Labute approximate surface area is 262 Å². The number of carbonyl (C=O) groups is 1. The van der Waals surface area contributed by atoms with Crippen molar-refractivity contribution in [1.29, 1.82) is 0 Å². The van der Waals surface area contributed by atoms with Crippen LogP contribution in [-0.4, -0.2) is 47.0 Å². The van der Waals surface area contributed by atoms with Crippen LogP contribution in [0, 0.1) is 6.92 Å².